The van der Waals surface area contributed by atoms with Crippen molar-refractivity contribution in [3.63, 3.8) is 0 Å². The molecule has 2 N–H and O–H groups in total. The van der Waals surface area contributed by atoms with E-state index in [9.17, 15) is 5.11 Å². The molecule has 0 aromatic heterocycles. The molecule has 1 fully saturated rings. The number of hydrogen-bond acceptors (Lipinski definition) is 4. The first kappa shape index (κ1) is 12.4. The summed E-state index contributed by atoms with van der Waals surface area (Å²) in [6.45, 7) is 4.50. The maximum atomic E-state index is 9.77. The maximum absolute atomic E-state index is 9.77. The molecule has 0 spiro atoms. The Morgan fingerprint density at radius 2 is 1.94 bits per heavy atom. The van der Waals surface area contributed by atoms with Crippen LogP contribution in [0.1, 0.15) is 11.7 Å². The summed E-state index contributed by atoms with van der Waals surface area (Å²) < 4.78 is 4.94. The largest absolute Gasteiger partial charge is 0.386 e. The number of piperazine rings is 1. The summed E-state index contributed by atoms with van der Waals surface area (Å²) in [5.41, 5.74) is 2.13. The minimum absolute atomic E-state index is 0.340. The van der Waals surface area contributed by atoms with Gasteiger partial charge in [-0.1, -0.05) is 12.1 Å². The highest BCUT2D eigenvalue weighted by molar-refractivity contribution is 5.48. The fourth-order valence-corrected chi connectivity index (χ4v) is 2.08. The fraction of sp³-hybridized carbons (Fsp3) is 0.538. The van der Waals surface area contributed by atoms with Gasteiger partial charge in [-0.05, 0) is 17.7 Å². The molecule has 1 aromatic carbocycles. The van der Waals surface area contributed by atoms with Gasteiger partial charge in [-0.15, -0.1) is 0 Å². The van der Waals surface area contributed by atoms with Gasteiger partial charge in [0.25, 0.3) is 0 Å². The van der Waals surface area contributed by atoms with Crippen molar-refractivity contribution in [2.45, 2.75) is 6.10 Å². The van der Waals surface area contributed by atoms with E-state index in [1.807, 2.05) is 12.1 Å². The first-order valence-electron chi connectivity index (χ1n) is 6.04. The van der Waals surface area contributed by atoms with Gasteiger partial charge in [0.1, 0.15) is 6.10 Å². The van der Waals surface area contributed by atoms with Crippen molar-refractivity contribution in [2.75, 3.05) is 44.8 Å². The predicted octanol–water partition coefficient (Wildman–Crippen LogP) is 0.776. The van der Waals surface area contributed by atoms with E-state index in [2.05, 4.69) is 22.3 Å². The standard InChI is InChI=1S/C13H20N2O2/c1-17-10-13(16)11-2-4-12(5-3-11)15-8-6-14-7-9-15/h2-5,13-14,16H,6-10H2,1H3. The van der Waals surface area contributed by atoms with Crippen molar-refractivity contribution in [3.05, 3.63) is 29.8 Å². The van der Waals surface area contributed by atoms with Gasteiger partial charge >= 0.3 is 0 Å². The normalized spacial score (nSPS) is 18.1. The molecule has 4 nitrogen and oxygen atoms in total. The lowest BCUT2D eigenvalue weighted by atomic mass is 10.1. The number of methoxy groups -OCH3 is 1. The molecule has 1 unspecified atom stereocenters. The molecule has 0 saturated carbocycles. The van der Waals surface area contributed by atoms with E-state index in [0.29, 0.717) is 6.61 Å². The summed E-state index contributed by atoms with van der Waals surface area (Å²) in [6, 6.07) is 8.08. The third kappa shape index (κ3) is 3.19. The number of nitrogens with one attached hydrogen (secondary N) is 1. The maximum Gasteiger partial charge on any atom is 0.102 e. The minimum atomic E-state index is -0.530. The van der Waals surface area contributed by atoms with Crippen LogP contribution in [0.3, 0.4) is 0 Å². The van der Waals surface area contributed by atoms with Crippen LogP contribution in [0.15, 0.2) is 24.3 Å². The van der Waals surface area contributed by atoms with Crippen molar-refractivity contribution < 1.29 is 9.84 Å². The monoisotopic (exact) mass is 236 g/mol. The van der Waals surface area contributed by atoms with Gasteiger partial charge in [0.2, 0.25) is 0 Å². The number of benzene rings is 1. The van der Waals surface area contributed by atoms with E-state index in [-0.39, 0.29) is 0 Å². The third-order valence-corrected chi connectivity index (χ3v) is 3.08. The second-order valence-electron chi connectivity index (χ2n) is 4.30. The predicted molar refractivity (Wildman–Crippen MR) is 68.4 cm³/mol. The molecule has 94 valence electrons. The molecule has 2 rings (SSSR count). The second-order valence-corrected chi connectivity index (χ2v) is 4.30. The molecule has 1 aromatic rings. The quantitative estimate of drug-likeness (QED) is 0.811. The lowest BCUT2D eigenvalue weighted by Gasteiger charge is -2.29. The fourth-order valence-electron chi connectivity index (χ4n) is 2.08. The van der Waals surface area contributed by atoms with Gasteiger partial charge in [-0.3, -0.25) is 0 Å². The van der Waals surface area contributed by atoms with E-state index in [1.165, 1.54) is 5.69 Å². The van der Waals surface area contributed by atoms with Gasteiger partial charge in [-0.25, -0.2) is 0 Å². The molecular weight excluding hydrogens is 216 g/mol. The third-order valence-electron chi connectivity index (χ3n) is 3.08. The molecule has 1 saturated heterocycles. The zero-order valence-corrected chi connectivity index (χ0v) is 10.2. The van der Waals surface area contributed by atoms with E-state index < -0.39 is 6.10 Å². The topological polar surface area (TPSA) is 44.7 Å². The number of anilines is 1. The average molecular weight is 236 g/mol. The highest BCUT2D eigenvalue weighted by Crippen LogP contribution is 2.19. The van der Waals surface area contributed by atoms with E-state index >= 15 is 0 Å². The summed E-state index contributed by atoms with van der Waals surface area (Å²) >= 11 is 0. The first-order chi connectivity index (χ1) is 8.31. The van der Waals surface area contributed by atoms with Crippen LogP contribution in [0.5, 0.6) is 0 Å². The molecule has 0 aliphatic carbocycles. The molecule has 17 heavy (non-hydrogen) atoms. The lowest BCUT2D eigenvalue weighted by molar-refractivity contribution is 0.0644. The van der Waals surface area contributed by atoms with Crippen LogP contribution in [-0.2, 0) is 4.74 Å². The molecule has 1 atom stereocenters. The van der Waals surface area contributed by atoms with Crippen molar-refractivity contribution in [1.82, 2.24) is 5.32 Å². The molecule has 0 bridgehead atoms. The van der Waals surface area contributed by atoms with E-state index in [1.54, 1.807) is 7.11 Å². The van der Waals surface area contributed by atoms with Gasteiger partial charge in [-0.2, -0.15) is 0 Å². The molecule has 1 aliphatic heterocycles. The van der Waals surface area contributed by atoms with Gasteiger partial charge in [0.05, 0.1) is 6.61 Å². The van der Waals surface area contributed by atoms with Crippen LogP contribution in [0.2, 0.25) is 0 Å². The number of hydrogen-bond donors (Lipinski definition) is 2. The number of ether oxygens (including phenoxy) is 1. The number of aliphatic hydroxyl groups excluding tert-OH is 1. The Morgan fingerprint density at radius 1 is 1.29 bits per heavy atom. The Balaban J connectivity index is 2.01. The summed E-state index contributed by atoms with van der Waals surface area (Å²) in [4.78, 5) is 2.35. The van der Waals surface area contributed by atoms with Gasteiger partial charge < -0.3 is 20.1 Å². The SMILES string of the molecule is COCC(O)c1ccc(N2CCNCC2)cc1. The number of aliphatic hydroxyl groups is 1. The first-order valence-corrected chi connectivity index (χ1v) is 6.04. The van der Waals surface area contributed by atoms with Gasteiger partial charge in [0, 0.05) is 39.0 Å². The molecule has 1 aliphatic rings. The average Bonchev–Trinajstić information content (AvgIpc) is 2.40. The molecule has 0 amide bonds. The number of rotatable bonds is 4. The van der Waals surface area contributed by atoms with Crippen LogP contribution in [0.25, 0.3) is 0 Å². The van der Waals surface area contributed by atoms with Crippen LogP contribution in [-0.4, -0.2) is 45.0 Å². The van der Waals surface area contributed by atoms with Crippen molar-refractivity contribution in [2.24, 2.45) is 0 Å². The van der Waals surface area contributed by atoms with Crippen LogP contribution in [0.4, 0.5) is 5.69 Å². The van der Waals surface area contributed by atoms with Crippen LogP contribution < -0.4 is 10.2 Å². The van der Waals surface area contributed by atoms with E-state index in [0.717, 1.165) is 31.7 Å². The molecule has 4 heteroatoms. The van der Waals surface area contributed by atoms with Crippen LogP contribution in [0, 0.1) is 0 Å². The van der Waals surface area contributed by atoms with E-state index in [4.69, 9.17) is 4.74 Å². The Kier molecular flexibility index (Phi) is 4.36. The Morgan fingerprint density at radius 3 is 2.53 bits per heavy atom. The second kappa shape index (κ2) is 6.00. The minimum Gasteiger partial charge on any atom is -0.386 e. The van der Waals surface area contributed by atoms with Crippen molar-refractivity contribution in [3.8, 4) is 0 Å². The zero-order chi connectivity index (χ0) is 12.1. The smallest absolute Gasteiger partial charge is 0.102 e. The summed E-state index contributed by atoms with van der Waals surface area (Å²) in [5.74, 6) is 0. The summed E-state index contributed by atoms with van der Waals surface area (Å²) in [7, 11) is 1.60. The lowest BCUT2D eigenvalue weighted by Crippen LogP contribution is -2.43. The summed E-state index contributed by atoms with van der Waals surface area (Å²) in [5, 5.41) is 13.1. The molecule has 1 heterocycles. The Labute approximate surface area is 102 Å². The zero-order valence-electron chi connectivity index (χ0n) is 10.2. The Bertz CT molecular complexity index is 334. The Hall–Kier alpha value is -1.10. The van der Waals surface area contributed by atoms with Gasteiger partial charge in [0.15, 0.2) is 0 Å². The van der Waals surface area contributed by atoms with Crippen molar-refractivity contribution in [1.29, 1.82) is 0 Å². The summed E-state index contributed by atoms with van der Waals surface area (Å²) in [6.07, 6.45) is -0.530. The molecule has 0 radical (unpaired) electrons. The number of nitrogens with zero attached hydrogens (tertiary/aromatic N) is 1. The highest BCUT2D eigenvalue weighted by atomic mass is 16.5. The molecular formula is C13H20N2O2. The highest BCUT2D eigenvalue weighted by Gasteiger charge is 2.11. The van der Waals surface area contributed by atoms with Crippen molar-refractivity contribution >= 4 is 5.69 Å². The van der Waals surface area contributed by atoms with Crippen LogP contribution >= 0.6 is 0 Å².